The topological polar surface area (TPSA) is 32.3 Å². The summed E-state index contributed by atoms with van der Waals surface area (Å²) in [6, 6.07) is 3.94. The van der Waals surface area contributed by atoms with Gasteiger partial charge >= 0.3 is 0 Å². The summed E-state index contributed by atoms with van der Waals surface area (Å²) in [6.07, 6.45) is 0. The summed E-state index contributed by atoms with van der Waals surface area (Å²) in [5.74, 6) is 0.349. The summed E-state index contributed by atoms with van der Waals surface area (Å²) in [5, 5.41) is 12.6. The van der Waals surface area contributed by atoms with Crippen molar-refractivity contribution in [3.05, 3.63) is 28.8 Å². The molecular formula is C11H17NO. The quantitative estimate of drug-likeness (QED) is 0.730. The van der Waals surface area contributed by atoms with E-state index in [1.54, 1.807) is 12.1 Å². The van der Waals surface area contributed by atoms with Gasteiger partial charge in [0.2, 0.25) is 0 Å². The first-order chi connectivity index (χ1) is 6.06. The number of aromatic hydroxyl groups is 1. The molecule has 1 rings (SSSR count). The smallest absolute Gasteiger partial charge is 0.116 e. The van der Waals surface area contributed by atoms with Gasteiger partial charge in [0.05, 0.1) is 0 Å². The number of nitrogens with one attached hydrogen (secondary N) is 1. The number of hydrogen-bond donors (Lipinski definition) is 2. The second-order valence-corrected chi connectivity index (χ2v) is 3.50. The van der Waals surface area contributed by atoms with Gasteiger partial charge in [-0.3, -0.25) is 0 Å². The molecule has 0 saturated carbocycles. The Morgan fingerprint density at radius 1 is 1.23 bits per heavy atom. The van der Waals surface area contributed by atoms with Crippen LogP contribution < -0.4 is 5.32 Å². The molecular weight excluding hydrogens is 162 g/mol. The molecule has 0 heterocycles. The van der Waals surface area contributed by atoms with Gasteiger partial charge in [-0.1, -0.05) is 0 Å². The molecule has 1 aromatic rings. The summed E-state index contributed by atoms with van der Waals surface area (Å²) in [4.78, 5) is 0. The third-order valence-corrected chi connectivity index (χ3v) is 2.44. The van der Waals surface area contributed by atoms with E-state index in [9.17, 15) is 5.11 Å². The average molecular weight is 179 g/mol. The van der Waals surface area contributed by atoms with Crippen LogP contribution in [0.1, 0.15) is 29.7 Å². The number of phenols is 1. The van der Waals surface area contributed by atoms with E-state index in [0.717, 1.165) is 11.1 Å². The first-order valence-electron chi connectivity index (χ1n) is 4.53. The Morgan fingerprint density at radius 2 is 1.69 bits per heavy atom. The number of phenolic OH excluding ortho intramolecular Hbond substituents is 1. The van der Waals surface area contributed by atoms with Crippen molar-refractivity contribution < 1.29 is 5.11 Å². The molecule has 0 saturated heterocycles. The third-order valence-electron chi connectivity index (χ3n) is 2.44. The fourth-order valence-electron chi connectivity index (χ4n) is 1.78. The Bertz CT molecular complexity index is 284. The third kappa shape index (κ3) is 2.01. The lowest BCUT2D eigenvalue weighted by atomic mass is 9.97. The van der Waals surface area contributed by atoms with Gasteiger partial charge < -0.3 is 10.4 Å². The lowest BCUT2D eigenvalue weighted by Gasteiger charge is -2.17. The van der Waals surface area contributed by atoms with Crippen LogP contribution in [0.2, 0.25) is 0 Å². The minimum atomic E-state index is 0.334. The lowest BCUT2D eigenvalue weighted by molar-refractivity contribution is 0.473. The Balaban J connectivity index is 3.20. The minimum absolute atomic E-state index is 0.334. The van der Waals surface area contributed by atoms with Crippen molar-refractivity contribution >= 4 is 0 Å². The van der Waals surface area contributed by atoms with Crippen LogP contribution in [0.5, 0.6) is 5.75 Å². The zero-order valence-corrected chi connectivity index (χ0v) is 8.68. The second kappa shape index (κ2) is 3.79. The average Bonchev–Trinajstić information content (AvgIpc) is 2.02. The molecule has 0 fully saturated rings. The number of rotatable bonds is 2. The molecule has 0 bridgehead atoms. The van der Waals surface area contributed by atoms with Gasteiger partial charge in [-0.25, -0.2) is 0 Å². The van der Waals surface area contributed by atoms with Crippen molar-refractivity contribution in [2.24, 2.45) is 0 Å². The SMILES string of the molecule is CN[C@@H](C)c1c(C)cc(O)cc1C. The molecule has 2 heteroatoms. The predicted octanol–water partition coefficient (Wildman–Crippen LogP) is 2.29. The van der Waals surface area contributed by atoms with Crippen LogP contribution in [-0.4, -0.2) is 12.2 Å². The van der Waals surface area contributed by atoms with E-state index in [-0.39, 0.29) is 0 Å². The van der Waals surface area contributed by atoms with Crippen LogP contribution in [0.25, 0.3) is 0 Å². The number of benzene rings is 1. The first-order valence-corrected chi connectivity index (χ1v) is 4.53. The molecule has 0 aliphatic carbocycles. The van der Waals surface area contributed by atoms with E-state index in [1.165, 1.54) is 5.56 Å². The van der Waals surface area contributed by atoms with Crippen molar-refractivity contribution in [3.8, 4) is 5.75 Å². The zero-order valence-electron chi connectivity index (χ0n) is 8.68. The van der Waals surface area contributed by atoms with Gasteiger partial charge in [0.15, 0.2) is 0 Å². The highest BCUT2D eigenvalue weighted by molar-refractivity contribution is 5.41. The first kappa shape index (κ1) is 10.1. The van der Waals surface area contributed by atoms with Crippen LogP contribution in [0.4, 0.5) is 0 Å². The molecule has 1 aromatic carbocycles. The molecule has 0 spiro atoms. The molecule has 2 nitrogen and oxygen atoms in total. The highest BCUT2D eigenvalue weighted by Crippen LogP contribution is 2.25. The lowest BCUT2D eigenvalue weighted by Crippen LogP contribution is -2.14. The van der Waals surface area contributed by atoms with Crippen LogP contribution in [0.15, 0.2) is 12.1 Å². The van der Waals surface area contributed by atoms with E-state index < -0.39 is 0 Å². The summed E-state index contributed by atoms with van der Waals surface area (Å²) in [5.41, 5.74) is 3.55. The molecule has 0 aliphatic heterocycles. The van der Waals surface area contributed by atoms with Crippen molar-refractivity contribution in [1.29, 1.82) is 0 Å². The molecule has 0 radical (unpaired) electrons. The largest absolute Gasteiger partial charge is 0.508 e. The van der Waals surface area contributed by atoms with Crippen molar-refractivity contribution in [2.45, 2.75) is 26.8 Å². The molecule has 72 valence electrons. The maximum atomic E-state index is 9.35. The molecule has 13 heavy (non-hydrogen) atoms. The van der Waals surface area contributed by atoms with Crippen molar-refractivity contribution in [2.75, 3.05) is 7.05 Å². The predicted molar refractivity (Wildman–Crippen MR) is 55.1 cm³/mol. The second-order valence-electron chi connectivity index (χ2n) is 3.50. The Kier molecular flexibility index (Phi) is 2.94. The Morgan fingerprint density at radius 3 is 2.08 bits per heavy atom. The molecule has 0 aromatic heterocycles. The van der Waals surface area contributed by atoms with Gasteiger partial charge in [0.25, 0.3) is 0 Å². The monoisotopic (exact) mass is 179 g/mol. The van der Waals surface area contributed by atoms with Gasteiger partial charge in [0, 0.05) is 6.04 Å². The van der Waals surface area contributed by atoms with Gasteiger partial charge in [-0.05, 0) is 56.6 Å². The molecule has 2 N–H and O–H groups in total. The van der Waals surface area contributed by atoms with E-state index in [0.29, 0.717) is 11.8 Å². The van der Waals surface area contributed by atoms with Crippen molar-refractivity contribution in [3.63, 3.8) is 0 Å². The van der Waals surface area contributed by atoms with E-state index in [1.807, 2.05) is 20.9 Å². The summed E-state index contributed by atoms with van der Waals surface area (Å²) >= 11 is 0. The maximum absolute atomic E-state index is 9.35. The fourth-order valence-corrected chi connectivity index (χ4v) is 1.78. The van der Waals surface area contributed by atoms with E-state index >= 15 is 0 Å². The molecule has 0 unspecified atom stereocenters. The van der Waals surface area contributed by atoms with Crippen LogP contribution in [-0.2, 0) is 0 Å². The normalized spacial score (nSPS) is 12.9. The Hall–Kier alpha value is -1.02. The van der Waals surface area contributed by atoms with E-state index in [4.69, 9.17) is 0 Å². The minimum Gasteiger partial charge on any atom is -0.508 e. The number of aryl methyl sites for hydroxylation is 2. The summed E-state index contributed by atoms with van der Waals surface area (Å²) in [7, 11) is 1.94. The fraction of sp³-hybridized carbons (Fsp3) is 0.455. The van der Waals surface area contributed by atoms with E-state index in [2.05, 4.69) is 12.2 Å². The summed E-state index contributed by atoms with van der Waals surface area (Å²) in [6.45, 7) is 6.16. The van der Waals surface area contributed by atoms with Crippen LogP contribution in [0, 0.1) is 13.8 Å². The van der Waals surface area contributed by atoms with Crippen molar-refractivity contribution in [1.82, 2.24) is 5.32 Å². The zero-order chi connectivity index (χ0) is 10.0. The van der Waals surface area contributed by atoms with Gasteiger partial charge in [-0.2, -0.15) is 0 Å². The Labute approximate surface area is 79.6 Å². The van der Waals surface area contributed by atoms with Crippen LogP contribution >= 0.6 is 0 Å². The number of hydrogen-bond acceptors (Lipinski definition) is 2. The summed E-state index contributed by atoms with van der Waals surface area (Å²) < 4.78 is 0. The standard InChI is InChI=1S/C11H17NO/c1-7-5-10(13)6-8(2)11(7)9(3)12-4/h5-6,9,12-13H,1-4H3/t9-/m0/s1. The molecule has 1 atom stereocenters. The molecule has 0 aliphatic rings. The highest BCUT2D eigenvalue weighted by Gasteiger charge is 2.09. The van der Waals surface area contributed by atoms with Gasteiger partial charge in [-0.15, -0.1) is 0 Å². The highest BCUT2D eigenvalue weighted by atomic mass is 16.3. The molecule has 0 amide bonds. The maximum Gasteiger partial charge on any atom is 0.116 e. The van der Waals surface area contributed by atoms with Gasteiger partial charge in [0.1, 0.15) is 5.75 Å². The van der Waals surface area contributed by atoms with Crippen LogP contribution in [0.3, 0.4) is 0 Å².